The fourth-order valence-corrected chi connectivity index (χ4v) is 2.55. The largest absolute Gasteiger partial charge is 0.481 e. The smallest absolute Gasteiger partial charge is 0.403 e. The van der Waals surface area contributed by atoms with Crippen molar-refractivity contribution in [1.29, 1.82) is 0 Å². The first-order valence-corrected chi connectivity index (χ1v) is 6.47. The third-order valence-electron chi connectivity index (χ3n) is 3.75. The summed E-state index contributed by atoms with van der Waals surface area (Å²) in [7, 11) is 0. The number of aliphatic hydroxyl groups excluding tert-OH is 1. The molecule has 0 saturated heterocycles. The molecule has 19 heavy (non-hydrogen) atoms. The van der Waals surface area contributed by atoms with Gasteiger partial charge in [0, 0.05) is 13.2 Å². The van der Waals surface area contributed by atoms with E-state index in [4.69, 9.17) is 5.11 Å². The Morgan fingerprint density at radius 1 is 1.26 bits per heavy atom. The maximum absolute atomic E-state index is 12.4. The molecule has 0 heterocycles. The molecule has 0 spiro atoms. The van der Waals surface area contributed by atoms with Crippen molar-refractivity contribution >= 4 is 5.97 Å². The molecule has 1 fully saturated rings. The van der Waals surface area contributed by atoms with Crippen LogP contribution in [0.1, 0.15) is 25.7 Å². The second-order valence-corrected chi connectivity index (χ2v) is 5.08. The maximum Gasteiger partial charge on any atom is 0.403 e. The monoisotopic (exact) mass is 283 g/mol. The molecule has 1 aliphatic rings. The Morgan fingerprint density at radius 2 is 1.84 bits per heavy atom. The number of alkyl halides is 3. The first kappa shape index (κ1) is 16.2. The van der Waals surface area contributed by atoms with Crippen LogP contribution in [0.3, 0.4) is 0 Å². The molecule has 0 aromatic carbocycles. The molecule has 0 aromatic heterocycles. The highest BCUT2D eigenvalue weighted by molar-refractivity contribution is 5.71. The van der Waals surface area contributed by atoms with E-state index in [0.29, 0.717) is 6.54 Å². The number of aliphatic hydroxyl groups is 1. The fraction of sp³-hybridized carbons (Fsp3) is 0.917. The van der Waals surface area contributed by atoms with Gasteiger partial charge < -0.3 is 15.5 Å². The summed E-state index contributed by atoms with van der Waals surface area (Å²) in [4.78, 5) is 10.5. The molecule has 0 amide bonds. The summed E-state index contributed by atoms with van der Waals surface area (Å²) in [5.74, 6) is -4.00. The molecule has 3 unspecified atom stereocenters. The topological polar surface area (TPSA) is 69.6 Å². The summed E-state index contributed by atoms with van der Waals surface area (Å²) < 4.78 is 37.3. The zero-order chi connectivity index (χ0) is 14.5. The van der Waals surface area contributed by atoms with Gasteiger partial charge in [-0.05, 0) is 31.2 Å². The van der Waals surface area contributed by atoms with Gasteiger partial charge in [-0.25, -0.2) is 0 Å². The maximum atomic E-state index is 12.4. The number of halogens is 3. The van der Waals surface area contributed by atoms with Gasteiger partial charge >= 0.3 is 12.1 Å². The van der Waals surface area contributed by atoms with E-state index < -0.39 is 24.6 Å². The highest BCUT2D eigenvalue weighted by atomic mass is 19.4. The van der Waals surface area contributed by atoms with E-state index >= 15 is 0 Å². The second kappa shape index (κ2) is 7.09. The Hall–Kier alpha value is -0.820. The zero-order valence-electron chi connectivity index (χ0n) is 10.6. The Bertz CT molecular complexity index is 296. The fourth-order valence-electron chi connectivity index (χ4n) is 2.55. The number of carboxylic acid groups (broad SMARTS) is 1. The SMILES string of the molecule is O=C(O)C(CNCC1CCCCC1CO)C(F)(F)F. The van der Waals surface area contributed by atoms with Gasteiger partial charge in [-0.15, -0.1) is 0 Å². The van der Waals surface area contributed by atoms with Gasteiger partial charge in [0.05, 0.1) is 0 Å². The molecule has 0 radical (unpaired) electrons. The molecule has 3 N–H and O–H groups in total. The normalized spacial score (nSPS) is 26.1. The standard InChI is InChI=1S/C12H20F3NO3/c13-12(14,15)10(11(18)19)6-16-5-8-3-1-2-4-9(8)7-17/h8-10,16-17H,1-7H2,(H,18,19). The summed E-state index contributed by atoms with van der Waals surface area (Å²) in [5, 5.41) is 20.3. The van der Waals surface area contributed by atoms with E-state index in [0.717, 1.165) is 25.7 Å². The van der Waals surface area contributed by atoms with Crippen molar-refractivity contribution < 1.29 is 28.2 Å². The van der Waals surface area contributed by atoms with Crippen LogP contribution in [0.25, 0.3) is 0 Å². The number of hydrogen-bond acceptors (Lipinski definition) is 3. The van der Waals surface area contributed by atoms with Crippen LogP contribution in [-0.2, 0) is 4.79 Å². The van der Waals surface area contributed by atoms with Crippen molar-refractivity contribution in [2.45, 2.75) is 31.9 Å². The first-order chi connectivity index (χ1) is 8.86. The minimum Gasteiger partial charge on any atom is -0.481 e. The highest BCUT2D eigenvalue weighted by Crippen LogP contribution is 2.30. The van der Waals surface area contributed by atoms with Crippen molar-refractivity contribution in [2.24, 2.45) is 17.8 Å². The van der Waals surface area contributed by atoms with E-state index in [1.54, 1.807) is 0 Å². The number of carboxylic acids is 1. The number of hydrogen-bond donors (Lipinski definition) is 3. The van der Waals surface area contributed by atoms with Crippen molar-refractivity contribution in [2.75, 3.05) is 19.7 Å². The van der Waals surface area contributed by atoms with Gasteiger partial charge in [0.1, 0.15) is 0 Å². The van der Waals surface area contributed by atoms with Crippen LogP contribution >= 0.6 is 0 Å². The van der Waals surface area contributed by atoms with Crippen LogP contribution in [0.4, 0.5) is 13.2 Å². The minimum absolute atomic E-state index is 0.0357. The molecule has 1 saturated carbocycles. The molecule has 0 aromatic rings. The molecule has 1 rings (SSSR count). The molecular weight excluding hydrogens is 263 g/mol. The Labute approximate surface area is 110 Å². The van der Waals surface area contributed by atoms with Gasteiger partial charge in [-0.3, -0.25) is 4.79 Å². The van der Waals surface area contributed by atoms with Gasteiger partial charge in [0.25, 0.3) is 0 Å². The van der Waals surface area contributed by atoms with Crippen LogP contribution in [0, 0.1) is 17.8 Å². The average molecular weight is 283 g/mol. The summed E-state index contributed by atoms with van der Waals surface area (Å²) in [6.45, 7) is -0.257. The zero-order valence-corrected chi connectivity index (χ0v) is 10.6. The lowest BCUT2D eigenvalue weighted by Crippen LogP contribution is -2.41. The summed E-state index contributed by atoms with van der Waals surface area (Å²) in [6, 6.07) is 0. The Balaban J connectivity index is 2.41. The molecule has 1 aliphatic carbocycles. The number of aliphatic carboxylic acids is 1. The van der Waals surface area contributed by atoms with Crippen molar-refractivity contribution in [3.8, 4) is 0 Å². The third-order valence-corrected chi connectivity index (χ3v) is 3.75. The number of carbonyl (C=O) groups is 1. The van der Waals surface area contributed by atoms with Crippen LogP contribution in [0.5, 0.6) is 0 Å². The predicted octanol–water partition coefficient (Wildman–Crippen LogP) is 1.64. The predicted molar refractivity (Wildman–Crippen MR) is 62.6 cm³/mol. The molecule has 0 aliphatic heterocycles. The van der Waals surface area contributed by atoms with E-state index in [-0.39, 0.29) is 18.4 Å². The van der Waals surface area contributed by atoms with Crippen LogP contribution in [0.15, 0.2) is 0 Å². The summed E-state index contributed by atoms with van der Waals surface area (Å²) >= 11 is 0. The lowest BCUT2D eigenvalue weighted by atomic mass is 9.79. The van der Waals surface area contributed by atoms with Crippen molar-refractivity contribution in [1.82, 2.24) is 5.32 Å². The second-order valence-electron chi connectivity index (χ2n) is 5.08. The van der Waals surface area contributed by atoms with Gasteiger partial charge in [0.15, 0.2) is 5.92 Å². The Kier molecular flexibility index (Phi) is 6.06. The van der Waals surface area contributed by atoms with Crippen molar-refractivity contribution in [3.63, 3.8) is 0 Å². The lowest BCUT2D eigenvalue weighted by molar-refractivity contribution is -0.192. The van der Waals surface area contributed by atoms with E-state index in [1.165, 1.54) is 0 Å². The molecule has 3 atom stereocenters. The molecule has 4 nitrogen and oxygen atoms in total. The molecule has 0 bridgehead atoms. The number of rotatable bonds is 6. The lowest BCUT2D eigenvalue weighted by Gasteiger charge is -2.30. The van der Waals surface area contributed by atoms with Crippen LogP contribution in [0.2, 0.25) is 0 Å². The first-order valence-electron chi connectivity index (χ1n) is 6.47. The van der Waals surface area contributed by atoms with Crippen LogP contribution in [-0.4, -0.2) is 42.1 Å². The Morgan fingerprint density at radius 3 is 2.32 bits per heavy atom. The number of nitrogens with one attached hydrogen (secondary N) is 1. The van der Waals surface area contributed by atoms with Gasteiger partial charge in [0.2, 0.25) is 0 Å². The van der Waals surface area contributed by atoms with E-state index in [9.17, 15) is 23.1 Å². The average Bonchev–Trinajstić information content (AvgIpc) is 2.33. The summed E-state index contributed by atoms with van der Waals surface area (Å²) in [5.41, 5.74) is 0. The highest BCUT2D eigenvalue weighted by Gasteiger charge is 2.44. The van der Waals surface area contributed by atoms with Crippen LogP contribution < -0.4 is 5.32 Å². The quantitative estimate of drug-likeness (QED) is 0.693. The van der Waals surface area contributed by atoms with Crippen molar-refractivity contribution in [3.05, 3.63) is 0 Å². The van der Waals surface area contributed by atoms with Gasteiger partial charge in [-0.1, -0.05) is 12.8 Å². The van der Waals surface area contributed by atoms with E-state index in [1.807, 2.05) is 0 Å². The van der Waals surface area contributed by atoms with Gasteiger partial charge in [-0.2, -0.15) is 13.2 Å². The molecule has 112 valence electrons. The molecular formula is C12H20F3NO3. The van der Waals surface area contributed by atoms with E-state index in [2.05, 4.69) is 5.32 Å². The third kappa shape index (κ3) is 4.99. The minimum atomic E-state index is -4.73. The summed E-state index contributed by atoms with van der Waals surface area (Å²) in [6.07, 6.45) is -0.958. The molecule has 7 heteroatoms.